The van der Waals surface area contributed by atoms with Gasteiger partial charge < -0.3 is 19.5 Å². The van der Waals surface area contributed by atoms with E-state index in [1.165, 1.54) is 18.3 Å². The second kappa shape index (κ2) is 10.3. The maximum atomic E-state index is 12.5. The highest BCUT2D eigenvalue weighted by atomic mass is 79.9. The van der Waals surface area contributed by atoms with Gasteiger partial charge in [0, 0.05) is 18.8 Å². The number of nitrogens with one attached hydrogen (secondary N) is 1. The number of amides is 1. The van der Waals surface area contributed by atoms with Crippen molar-refractivity contribution in [2.45, 2.75) is 51.4 Å². The summed E-state index contributed by atoms with van der Waals surface area (Å²) in [6.07, 6.45) is -0.642. The Bertz CT molecular complexity index is 760. The molecule has 0 radical (unpaired) electrons. The molecule has 1 N–H and O–H groups in total. The predicted molar refractivity (Wildman–Crippen MR) is 109 cm³/mol. The highest BCUT2D eigenvalue weighted by Gasteiger charge is 2.39. The second-order valence-corrected chi connectivity index (χ2v) is 9.17. The molecule has 3 atom stereocenters. The molecule has 0 aliphatic carbocycles. The maximum Gasteiger partial charge on any atom is 0.408 e. The van der Waals surface area contributed by atoms with Crippen LogP contribution in [0.25, 0.3) is 0 Å². The van der Waals surface area contributed by atoms with Gasteiger partial charge in [-0.15, -0.1) is 11.3 Å². The number of carbonyl (C=O) groups is 2. The van der Waals surface area contributed by atoms with Gasteiger partial charge in [-0.2, -0.15) is 5.26 Å². The molecule has 0 spiro atoms. The number of rotatable bonds is 6. The summed E-state index contributed by atoms with van der Waals surface area (Å²) in [5.74, 6) is -0.473. The number of ether oxygens (including phenoxy) is 3. The number of alkyl carbamates (subject to hydrolysis) is 1. The molecule has 2 heterocycles. The molecule has 1 fully saturated rings. The first-order chi connectivity index (χ1) is 13.6. The summed E-state index contributed by atoms with van der Waals surface area (Å²) < 4.78 is 16.7. The Kier molecular flexibility index (Phi) is 8.39. The van der Waals surface area contributed by atoms with Crippen LogP contribution in [0.2, 0.25) is 0 Å². The van der Waals surface area contributed by atoms with Gasteiger partial charge in [0.05, 0.1) is 31.4 Å². The molecular weight excluding hydrogens is 464 g/mol. The second-order valence-electron chi connectivity index (χ2n) is 7.47. The van der Waals surface area contributed by atoms with Crippen LogP contribution in [0.4, 0.5) is 4.79 Å². The smallest absolute Gasteiger partial charge is 0.408 e. The molecule has 0 unspecified atom stereocenters. The van der Waals surface area contributed by atoms with Gasteiger partial charge in [0.2, 0.25) is 0 Å². The monoisotopic (exact) mass is 488 g/mol. The zero-order valence-electron chi connectivity index (χ0n) is 16.8. The third-order valence-electron chi connectivity index (χ3n) is 3.97. The Balaban J connectivity index is 2.37. The summed E-state index contributed by atoms with van der Waals surface area (Å²) in [6.45, 7) is 7.63. The van der Waals surface area contributed by atoms with Crippen LogP contribution in [-0.4, -0.2) is 66.0 Å². The van der Waals surface area contributed by atoms with E-state index in [0.29, 0.717) is 22.8 Å². The molecule has 0 aromatic carbocycles. The zero-order valence-corrected chi connectivity index (χ0v) is 19.2. The van der Waals surface area contributed by atoms with E-state index >= 15 is 0 Å². The molecule has 0 bridgehead atoms. The van der Waals surface area contributed by atoms with Gasteiger partial charge in [-0.05, 0) is 36.7 Å². The SMILES string of the molecule is CC(=O)OC[C@@H](NC(=O)OC(C)(C)C)[C@@H](c1nc(Br)cs1)N1CCOC[C@@H]1C#N. The van der Waals surface area contributed by atoms with Crippen molar-refractivity contribution in [3.63, 3.8) is 0 Å². The first-order valence-electron chi connectivity index (χ1n) is 9.07. The number of hydrogen-bond acceptors (Lipinski definition) is 9. The molecule has 1 aromatic rings. The average molecular weight is 489 g/mol. The number of esters is 1. The van der Waals surface area contributed by atoms with E-state index < -0.39 is 35.8 Å². The van der Waals surface area contributed by atoms with Gasteiger partial charge in [-0.25, -0.2) is 9.78 Å². The summed E-state index contributed by atoms with van der Waals surface area (Å²) in [7, 11) is 0. The Morgan fingerprint density at radius 2 is 2.28 bits per heavy atom. The Morgan fingerprint density at radius 1 is 1.55 bits per heavy atom. The molecule has 29 heavy (non-hydrogen) atoms. The Labute approximate surface area is 182 Å². The lowest BCUT2D eigenvalue weighted by Crippen LogP contribution is -2.55. The van der Waals surface area contributed by atoms with Crippen LogP contribution < -0.4 is 5.32 Å². The van der Waals surface area contributed by atoms with Crippen LogP contribution in [0, 0.1) is 11.3 Å². The molecular formula is C18H25BrN4O5S. The van der Waals surface area contributed by atoms with Gasteiger partial charge >= 0.3 is 12.1 Å². The number of hydrogen-bond donors (Lipinski definition) is 1. The van der Waals surface area contributed by atoms with E-state index in [0.717, 1.165) is 0 Å². The van der Waals surface area contributed by atoms with Gasteiger partial charge in [0.15, 0.2) is 0 Å². The molecule has 1 saturated heterocycles. The maximum absolute atomic E-state index is 12.5. The van der Waals surface area contributed by atoms with Gasteiger partial charge in [0.25, 0.3) is 0 Å². The standard InChI is InChI=1S/C18H25BrN4O5S/c1-11(24)27-9-13(21-17(25)28-18(2,3)4)15(16-22-14(19)10-29-16)23-5-6-26-8-12(23)7-20/h10,12-13,15H,5-6,8-9H2,1-4H3,(H,21,25)/t12-,13+,15-/m0/s1. The molecule has 160 valence electrons. The third-order valence-corrected chi connectivity index (χ3v) is 5.60. The van der Waals surface area contributed by atoms with Crippen LogP contribution in [-0.2, 0) is 19.0 Å². The van der Waals surface area contributed by atoms with E-state index in [1.807, 2.05) is 10.3 Å². The van der Waals surface area contributed by atoms with Crippen molar-refractivity contribution >= 4 is 39.3 Å². The molecule has 1 aliphatic heterocycles. The number of thiazole rings is 1. The number of nitrogens with zero attached hydrogens (tertiary/aromatic N) is 3. The number of halogens is 1. The number of nitriles is 1. The Morgan fingerprint density at radius 3 is 2.83 bits per heavy atom. The lowest BCUT2D eigenvalue weighted by atomic mass is 10.0. The van der Waals surface area contributed by atoms with Crippen LogP contribution in [0.3, 0.4) is 0 Å². The van der Waals surface area contributed by atoms with Crippen LogP contribution in [0.1, 0.15) is 38.7 Å². The van der Waals surface area contributed by atoms with E-state index in [1.54, 1.807) is 20.8 Å². The molecule has 1 amide bonds. The quantitative estimate of drug-likeness (QED) is 0.607. The fourth-order valence-electron chi connectivity index (χ4n) is 2.89. The van der Waals surface area contributed by atoms with Crippen molar-refractivity contribution in [2.24, 2.45) is 0 Å². The minimum absolute atomic E-state index is 0.0913. The fraction of sp³-hybridized carbons (Fsp3) is 0.667. The largest absolute Gasteiger partial charge is 0.464 e. The van der Waals surface area contributed by atoms with Crippen molar-refractivity contribution in [1.82, 2.24) is 15.2 Å². The van der Waals surface area contributed by atoms with Crippen LogP contribution in [0.15, 0.2) is 9.98 Å². The number of aromatic nitrogens is 1. The van der Waals surface area contributed by atoms with Gasteiger partial charge in [-0.1, -0.05) is 0 Å². The van der Waals surface area contributed by atoms with Crippen LogP contribution >= 0.6 is 27.3 Å². The summed E-state index contributed by atoms with van der Waals surface area (Å²) in [6, 6.07) is 0.518. The minimum Gasteiger partial charge on any atom is -0.464 e. The topological polar surface area (TPSA) is 114 Å². The first-order valence-corrected chi connectivity index (χ1v) is 10.7. The van der Waals surface area contributed by atoms with Crippen molar-refractivity contribution < 1.29 is 23.8 Å². The van der Waals surface area contributed by atoms with Crippen LogP contribution in [0.5, 0.6) is 0 Å². The Hall–Kier alpha value is -1.74. The van der Waals surface area contributed by atoms with E-state index in [4.69, 9.17) is 14.2 Å². The predicted octanol–water partition coefficient (Wildman–Crippen LogP) is 2.63. The number of morpholine rings is 1. The zero-order chi connectivity index (χ0) is 21.6. The molecule has 1 aliphatic rings. The molecule has 11 heteroatoms. The highest BCUT2D eigenvalue weighted by molar-refractivity contribution is 9.10. The molecule has 2 rings (SSSR count). The summed E-state index contributed by atoms with van der Waals surface area (Å²) >= 11 is 4.74. The van der Waals surface area contributed by atoms with E-state index in [-0.39, 0.29) is 13.2 Å². The first kappa shape index (κ1) is 23.5. The summed E-state index contributed by atoms with van der Waals surface area (Å²) in [5, 5.41) is 14.9. The lowest BCUT2D eigenvalue weighted by molar-refractivity contribution is -0.142. The average Bonchev–Trinajstić information content (AvgIpc) is 3.04. The minimum atomic E-state index is -0.691. The molecule has 9 nitrogen and oxygen atoms in total. The van der Waals surface area contributed by atoms with Crippen molar-refractivity contribution in [1.29, 1.82) is 5.26 Å². The van der Waals surface area contributed by atoms with Crippen molar-refractivity contribution in [3.05, 3.63) is 15.0 Å². The van der Waals surface area contributed by atoms with Gasteiger partial charge in [0.1, 0.15) is 27.9 Å². The summed E-state index contributed by atoms with van der Waals surface area (Å²) in [4.78, 5) is 30.3. The van der Waals surface area contributed by atoms with E-state index in [9.17, 15) is 14.9 Å². The molecule has 1 aromatic heterocycles. The fourth-order valence-corrected chi connectivity index (χ4v) is 4.34. The highest BCUT2D eigenvalue weighted by Crippen LogP contribution is 2.32. The molecule has 0 saturated carbocycles. The van der Waals surface area contributed by atoms with Gasteiger partial charge in [-0.3, -0.25) is 9.69 Å². The number of carbonyl (C=O) groups excluding carboxylic acids is 2. The summed E-state index contributed by atoms with van der Waals surface area (Å²) in [5.41, 5.74) is -0.691. The van der Waals surface area contributed by atoms with Crippen molar-refractivity contribution in [3.8, 4) is 6.07 Å². The normalized spacial score (nSPS) is 19.7. The van der Waals surface area contributed by atoms with E-state index in [2.05, 4.69) is 32.3 Å². The van der Waals surface area contributed by atoms with Crippen molar-refractivity contribution in [2.75, 3.05) is 26.4 Å². The lowest BCUT2D eigenvalue weighted by Gasteiger charge is -2.40. The third kappa shape index (κ3) is 7.22.